The fraction of sp³-hybridized carbons (Fsp3) is 0.400. The van der Waals surface area contributed by atoms with E-state index in [0.717, 1.165) is 67.9 Å². The number of ether oxygens (including phenoxy) is 2. The van der Waals surface area contributed by atoms with Gasteiger partial charge in [0.15, 0.2) is 17.7 Å². The van der Waals surface area contributed by atoms with Crippen LogP contribution in [-0.4, -0.2) is 41.9 Å². The average Bonchev–Trinajstić information content (AvgIpc) is 3.29. The number of para-hydroxylation sites is 1. The van der Waals surface area contributed by atoms with Gasteiger partial charge in [0.05, 0.1) is 0 Å². The highest BCUT2D eigenvalue weighted by Gasteiger charge is 2.42. The number of pyridine rings is 1. The van der Waals surface area contributed by atoms with E-state index < -0.39 is 5.79 Å². The Hall–Kier alpha value is -3.58. The quantitative estimate of drug-likeness (QED) is 0.391. The first-order valence-corrected chi connectivity index (χ1v) is 13.2. The number of piperidine rings is 2. The van der Waals surface area contributed by atoms with Crippen molar-refractivity contribution in [3.63, 3.8) is 0 Å². The number of benzene rings is 2. The molecule has 1 amide bonds. The second-order valence-corrected chi connectivity index (χ2v) is 10.7. The van der Waals surface area contributed by atoms with Crippen LogP contribution < -0.4 is 14.2 Å². The maximum atomic E-state index is 12.9. The molecule has 0 N–H and O–H groups in total. The third-order valence-electron chi connectivity index (χ3n) is 8.43. The van der Waals surface area contributed by atoms with Crippen molar-refractivity contribution in [1.29, 1.82) is 0 Å². The minimum Gasteiger partial charge on any atom is -0.618 e. The average molecular weight is 500 g/mol. The zero-order valence-electron chi connectivity index (χ0n) is 21.3. The molecule has 0 radical (unpaired) electrons. The van der Waals surface area contributed by atoms with Crippen molar-refractivity contribution in [1.82, 2.24) is 9.80 Å². The largest absolute Gasteiger partial charge is 0.618 e. The molecule has 0 bridgehead atoms. The number of nitrogens with zero attached hydrogens (tertiary/aromatic N) is 3. The predicted octanol–water partition coefficient (Wildman–Crippen LogP) is 4.48. The molecule has 1 spiro atoms. The summed E-state index contributed by atoms with van der Waals surface area (Å²) in [6, 6.07) is 21.2. The molecule has 1 atom stereocenters. The topological polar surface area (TPSA) is 69.0 Å². The minimum absolute atomic E-state index is 0.162. The Morgan fingerprint density at radius 2 is 1.59 bits per heavy atom. The fourth-order valence-corrected chi connectivity index (χ4v) is 6.03. The first kappa shape index (κ1) is 23.8. The second kappa shape index (κ2) is 9.38. The Morgan fingerprint density at radius 1 is 0.892 bits per heavy atom. The summed E-state index contributed by atoms with van der Waals surface area (Å²) in [5.74, 6) is 0.664. The lowest BCUT2D eigenvalue weighted by atomic mass is 9.71. The van der Waals surface area contributed by atoms with Gasteiger partial charge in [0.1, 0.15) is 0 Å². The van der Waals surface area contributed by atoms with Crippen LogP contribution in [0.25, 0.3) is 0 Å². The van der Waals surface area contributed by atoms with E-state index in [2.05, 4.69) is 11.0 Å². The van der Waals surface area contributed by atoms with E-state index in [1.54, 1.807) is 18.2 Å². The van der Waals surface area contributed by atoms with Crippen molar-refractivity contribution < 1.29 is 19.0 Å². The number of aromatic nitrogens is 1. The van der Waals surface area contributed by atoms with E-state index in [4.69, 9.17) is 9.47 Å². The molecule has 7 heteroatoms. The van der Waals surface area contributed by atoms with E-state index in [1.165, 1.54) is 6.20 Å². The summed E-state index contributed by atoms with van der Waals surface area (Å²) >= 11 is 0. The first-order chi connectivity index (χ1) is 17.9. The van der Waals surface area contributed by atoms with Gasteiger partial charge in [0.2, 0.25) is 0 Å². The van der Waals surface area contributed by atoms with E-state index in [-0.39, 0.29) is 17.0 Å². The van der Waals surface area contributed by atoms with Crippen LogP contribution >= 0.6 is 0 Å². The highest BCUT2D eigenvalue weighted by atomic mass is 16.7. The lowest BCUT2D eigenvalue weighted by Crippen LogP contribution is -2.50. The van der Waals surface area contributed by atoms with Crippen LogP contribution in [0, 0.1) is 10.6 Å². The number of rotatable bonds is 4. The van der Waals surface area contributed by atoms with E-state index in [0.29, 0.717) is 17.8 Å². The van der Waals surface area contributed by atoms with Crippen LogP contribution in [0.2, 0.25) is 0 Å². The SMILES string of the molecule is CC1(c2ccccc2)Oc2cccc(CN3CCC4(CC3)CCN(C(=O)c3cccc[n+]3[O-])CC4)c2O1. The summed E-state index contributed by atoms with van der Waals surface area (Å²) < 4.78 is 13.4. The summed E-state index contributed by atoms with van der Waals surface area (Å²) in [4.78, 5) is 17.2. The first-order valence-electron chi connectivity index (χ1n) is 13.2. The van der Waals surface area contributed by atoms with Gasteiger partial charge in [-0.2, -0.15) is 4.73 Å². The maximum Gasteiger partial charge on any atom is 0.319 e. The molecule has 1 unspecified atom stereocenters. The number of hydrogen-bond acceptors (Lipinski definition) is 5. The van der Waals surface area contributed by atoms with Crippen LogP contribution in [0.15, 0.2) is 72.9 Å². The summed E-state index contributed by atoms with van der Waals surface area (Å²) in [5.41, 5.74) is 2.64. The van der Waals surface area contributed by atoms with Crippen LogP contribution in [0.4, 0.5) is 0 Å². The zero-order chi connectivity index (χ0) is 25.5. The highest BCUT2D eigenvalue weighted by molar-refractivity contribution is 5.91. The van der Waals surface area contributed by atoms with Crippen LogP contribution in [-0.2, 0) is 12.3 Å². The molecule has 3 aromatic rings. The minimum atomic E-state index is -0.817. The van der Waals surface area contributed by atoms with E-state index in [1.807, 2.05) is 54.3 Å². The molecule has 2 fully saturated rings. The molecule has 37 heavy (non-hydrogen) atoms. The molecular weight excluding hydrogens is 466 g/mol. The number of carbonyl (C=O) groups is 1. The number of hydrogen-bond donors (Lipinski definition) is 0. The Labute approximate surface area is 217 Å². The molecular formula is C30H33N3O4. The zero-order valence-corrected chi connectivity index (χ0v) is 21.3. The molecule has 0 saturated carbocycles. The molecule has 2 aromatic carbocycles. The van der Waals surface area contributed by atoms with Gasteiger partial charge in [-0.25, -0.2) is 0 Å². The number of amides is 1. The van der Waals surface area contributed by atoms with E-state index in [9.17, 15) is 10.0 Å². The van der Waals surface area contributed by atoms with Crippen LogP contribution in [0.3, 0.4) is 0 Å². The Morgan fingerprint density at radius 3 is 2.32 bits per heavy atom. The van der Waals surface area contributed by atoms with Gasteiger partial charge in [0, 0.05) is 49.8 Å². The number of carbonyl (C=O) groups excluding carboxylic acids is 1. The smallest absolute Gasteiger partial charge is 0.319 e. The third-order valence-corrected chi connectivity index (χ3v) is 8.43. The molecule has 0 aliphatic carbocycles. The monoisotopic (exact) mass is 499 g/mol. The molecule has 6 rings (SSSR count). The van der Waals surface area contributed by atoms with Gasteiger partial charge >= 0.3 is 5.91 Å². The van der Waals surface area contributed by atoms with Crippen molar-refractivity contribution in [2.24, 2.45) is 5.41 Å². The molecule has 1 aromatic heterocycles. The summed E-state index contributed by atoms with van der Waals surface area (Å²) in [5, 5.41) is 12.0. The van der Waals surface area contributed by atoms with Gasteiger partial charge in [-0.15, -0.1) is 0 Å². The molecule has 4 heterocycles. The molecule has 7 nitrogen and oxygen atoms in total. The van der Waals surface area contributed by atoms with Crippen molar-refractivity contribution >= 4 is 5.91 Å². The summed E-state index contributed by atoms with van der Waals surface area (Å²) in [6.45, 7) is 6.27. The lowest BCUT2D eigenvalue weighted by Gasteiger charge is -2.46. The Kier molecular flexibility index (Phi) is 6.03. The van der Waals surface area contributed by atoms with Gasteiger partial charge in [-0.3, -0.25) is 9.69 Å². The number of fused-ring (bicyclic) bond motifs is 1. The summed E-state index contributed by atoms with van der Waals surface area (Å²) in [7, 11) is 0. The van der Waals surface area contributed by atoms with Gasteiger partial charge in [0.25, 0.3) is 11.5 Å². The van der Waals surface area contributed by atoms with Crippen LogP contribution in [0.1, 0.15) is 54.2 Å². The van der Waals surface area contributed by atoms with Gasteiger partial charge in [-0.1, -0.05) is 42.5 Å². The van der Waals surface area contributed by atoms with E-state index >= 15 is 0 Å². The Bertz CT molecular complexity index is 1280. The van der Waals surface area contributed by atoms with Crippen molar-refractivity contribution in [3.05, 3.63) is 95.0 Å². The normalized spacial score (nSPS) is 22.8. The maximum absolute atomic E-state index is 12.9. The van der Waals surface area contributed by atoms with Crippen molar-refractivity contribution in [2.45, 2.75) is 44.9 Å². The second-order valence-electron chi connectivity index (χ2n) is 10.7. The Balaban J connectivity index is 1.06. The van der Waals surface area contributed by atoms with Gasteiger partial charge < -0.3 is 19.6 Å². The number of likely N-dealkylation sites (tertiary alicyclic amines) is 2. The summed E-state index contributed by atoms with van der Waals surface area (Å²) in [6.07, 6.45) is 5.61. The molecule has 192 valence electrons. The molecule has 3 aliphatic rings. The fourth-order valence-electron chi connectivity index (χ4n) is 6.03. The standard InChI is InChI=1S/C30H33N3O4/c1-29(24-9-3-2-4-10-24)36-26-12-7-8-23(27(26)37-29)22-31-18-13-30(14-19-31)15-20-32(21-16-30)28(34)25-11-5-6-17-33(25)35/h2-12,17H,13-16,18-22H2,1H3. The van der Waals surface area contributed by atoms with Crippen molar-refractivity contribution in [2.75, 3.05) is 26.2 Å². The van der Waals surface area contributed by atoms with Crippen LogP contribution in [0.5, 0.6) is 11.5 Å². The molecule has 3 aliphatic heterocycles. The predicted molar refractivity (Wildman–Crippen MR) is 139 cm³/mol. The highest BCUT2D eigenvalue weighted by Crippen LogP contribution is 2.47. The van der Waals surface area contributed by atoms with Gasteiger partial charge in [-0.05, 0) is 56.3 Å². The van der Waals surface area contributed by atoms with Crippen molar-refractivity contribution in [3.8, 4) is 11.5 Å². The molecule has 2 saturated heterocycles. The third kappa shape index (κ3) is 4.53. The lowest BCUT2D eigenvalue weighted by molar-refractivity contribution is -0.608.